The lowest BCUT2D eigenvalue weighted by Crippen LogP contribution is -2.22. The summed E-state index contributed by atoms with van der Waals surface area (Å²) in [6.07, 6.45) is 3.01. The zero-order chi connectivity index (χ0) is 20.9. The second-order valence-electron chi connectivity index (χ2n) is 7.43. The molecule has 4 rings (SSSR count). The van der Waals surface area contributed by atoms with Gasteiger partial charge in [0.05, 0.1) is 5.71 Å². The van der Waals surface area contributed by atoms with Gasteiger partial charge in [-0.15, -0.1) is 0 Å². The van der Waals surface area contributed by atoms with E-state index >= 15 is 0 Å². The molecular formula is C24H24N4OS. The summed E-state index contributed by atoms with van der Waals surface area (Å²) < 4.78 is 0. The molecule has 1 heterocycles. The van der Waals surface area contributed by atoms with E-state index in [1.807, 2.05) is 56.3 Å². The Bertz CT molecular complexity index is 1070. The third kappa shape index (κ3) is 4.94. The number of hydrogen-bond acceptors (Lipinski definition) is 5. The summed E-state index contributed by atoms with van der Waals surface area (Å²) >= 11 is 1.59. The summed E-state index contributed by atoms with van der Waals surface area (Å²) in [6.45, 7) is 3.95. The number of carbonyl (C=O) groups excluding carboxylic acids is 1. The minimum atomic E-state index is -0.192. The van der Waals surface area contributed by atoms with Crippen LogP contribution in [0.5, 0.6) is 0 Å². The SMILES string of the molecule is Cc1cc(C)nc(SCc2ccc(C(=O)N/N=C3\CCCc4ccccc43)cc2)n1. The average molecular weight is 417 g/mol. The van der Waals surface area contributed by atoms with Crippen molar-refractivity contribution in [1.29, 1.82) is 0 Å². The first-order chi connectivity index (χ1) is 14.6. The number of aromatic nitrogens is 2. The van der Waals surface area contributed by atoms with Gasteiger partial charge in [-0.3, -0.25) is 4.79 Å². The highest BCUT2D eigenvalue weighted by molar-refractivity contribution is 7.98. The Hall–Kier alpha value is -2.99. The van der Waals surface area contributed by atoms with Crippen molar-refractivity contribution in [2.24, 2.45) is 5.10 Å². The van der Waals surface area contributed by atoms with Crippen molar-refractivity contribution in [2.75, 3.05) is 0 Å². The minimum absolute atomic E-state index is 0.192. The van der Waals surface area contributed by atoms with E-state index in [0.717, 1.165) is 58.4 Å². The summed E-state index contributed by atoms with van der Waals surface area (Å²) in [7, 11) is 0. The molecule has 1 aliphatic carbocycles. The number of nitrogens with zero attached hydrogens (tertiary/aromatic N) is 3. The normalized spacial score (nSPS) is 14.4. The monoisotopic (exact) mass is 416 g/mol. The van der Waals surface area contributed by atoms with E-state index in [0.29, 0.717) is 5.56 Å². The predicted octanol–water partition coefficient (Wildman–Crippen LogP) is 4.86. The standard InChI is InChI=1S/C24H24N4OS/c1-16-14-17(2)26-24(25-16)30-15-18-10-12-20(13-11-18)23(29)28-27-22-9-5-7-19-6-3-4-8-21(19)22/h3-4,6,8,10-14H,5,7,9,15H2,1-2H3,(H,28,29)/b27-22+. The number of carbonyl (C=O) groups is 1. The van der Waals surface area contributed by atoms with Crippen molar-refractivity contribution in [3.63, 3.8) is 0 Å². The average Bonchev–Trinajstić information content (AvgIpc) is 2.76. The van der Waals surface area contributed by atoms with Gasteiger partial charge in [0, 0.05) is 28.3 Å². The van der Waals surface area contributed by atoms with E-state index < -0.39 is 0 Å². The lowest BCUT2D eigenvalue weighted by atomic mass is 9.90. The van der Waals surface area contributed by atoms with Crippen molar-refractivity contribution in [3.05, 3.63) is 88.2 Å². The van der Waals surface area contributed by atoms with Crippen molar-refractivity contribution in [2.45, 2.75) is 44.0 Å². The van der Waals surface area contributed by atoms with Crippen LogP contribution < -0.4 is 5.43 Å². The van der Waals surface area contributed by atoms with E-state index in [-0.39, 0.29) is 5.91 Å². The molecular weight excluding hydrogens is 392 g/mol. The van der Waals surface area contributed by atoms with Crippen LogP contribution in [0.2, 0.25) is 0 Å². The largest absolute Gasteiger partial charge is 0.271 e. The molecule has 2 aromatic carbocycles. The number of nitrogens with one attached hydrogen (secondary N) is 1. The molecule has 0 bridgehead atoms. The maximum atomic E-state index is 12.5. The molecule has 6 heteroatoms. The second kappa shape index (κ2) is 9.22. The Labute approximate surface area is 181 Å². The summed E-state index contributed by atoms with van der Waals surface area (Å²) in [6, 6.07) is 17.8. The van der Waals surface area contributed by atoms with Gasteiger partial charge in [-0.25, -0.2) is 15.4 Å². The van der Waals surface area contributed by atoms with Gasteiger partial charge in [-0.05, 0) is 62.4 Å². The lowest BCUT2D eigenvalue weighted by molar-refractivity contribution is 0.0954. The fourth-order valence-electron chi connectivity index (χ4n) is 3.56. The van der Waals surface area contributed by atoms with Gasteiger partial charge < -0.3 is 0 Å². The molecule has 0 radical (unpaired) electrons. The topological polar surface area (TPSA) is 67.2 Å². The molecule has 30 heavy (non-hydrogen) atoms. The van der Waals surface area contributed by atoms with Gasteiger partial charge in [-0.1, -0.05) is 48.2 Å². The molecule has 0 unspecified atom stereocenters. The summed E-state index contributed by atoms with van der Waals surface area (Å²) in [5.74, 6) is 0.562. The van der Waals surface area contributed by atoms with E-state index in [4.69, 9.17) is 0 Å². The molecule has 1 N–H and O–H groups in total. The van der Waals surface area contributed by atoms with Crippen LogP contribution in [0, 0.1) is 13.8 Å². The zero-order valence-electron chi connectivity index (χ0n) is 17.2. The van der Waals surface area contributed by atoms with Crippen molar-refractivity contribution in [3.8, 4) is 0 Å². The zero-order valence-corrected chi connectivity index (χ0v) is 18.0. The van der Waals surface area contributed by atoms with Crippen LogP contribution in [0.1, 0.15) is 51.3 Å². The summed E-state index contributed by atoms with van der Waals surface area (Å²) in [5, 5.41) is 5.19. The van der Waals surface area contributed by atoms with E-state index in [2.05, 4.69) is 32.6 Å². The smallest absolute Gasteiger partial charge is 0.267 e. The summed E-state index contributed by atoms with van der Waals surface area (Å²) in [5.41, 5.74) is 9.77. The lowest BCUT2D eigenvalue weighted by Gasteiger charge is -2.17. The Morgan fingerprint density at radius 3 is 2.53 bits per heavy atom. The van der Waals surface area contributed by atoms with Crippen LogP contribution in [-0.2, 0) is 12.2 Å². The number of hydrazone groups is 1. The van der Waals surface area contributed by atoms with Gasteiger partial charge >= 0.3 is 0 Å². The molecule has 0 spiro atoms. The van der Waals surface area contributed by atoms with Crippen LogP contribution in [0.15, 0.2) is 64.9 Å². The van der Waals surface area contributed by atoms with Crippen LogP contribution >= 0.6 is 11.8 Å². The molecule has 3 aromatic rings. The van der Waals surface area contributed by atoms with Crippen molar-refractivity contribution < 1.29 is 4.79 Å². The molecule has 1 aliphatic rings. The van der Waals surface area contributed by atoms with Crippen LogP contribution in [0.25, 0.3) is 0 Å². The Balaban J connectivity index is 1.38. The van der Waals surface area contributed by atoms with Gasteiger partial charge in [0.2, 0.25) is 0 Å². The fourth-order valence-corrected chi connectivity index (χ4v) is 4.46. The molecule has 152 valence electrons. The summed E-state index contributed by atoms with van der Waals surface area (Å²) in [4.78, 5) is 21.4. The first-order valence-electron chi connectivity index (χ1n) is 10.1. The van der Waals surface area contributed by atoms with Crippen LogP contribution in [-0.4, -0.2) is 21.6 Å². The highest BCUT2D eigenvalue weighted by atomic mass is 32.2. The Kier molecular flexibility index (Phi) is 6.23. The molecule has 1 aromatic heterocycles. The first-order valence-corrected chi connectivity index (χ1v) is 11.1. The molecule has 0 saturated heterocycles. The maximum Gasteiger partial charge on any atom is 0.271 e. The molecule has 0 fully saturated rings. The third-order valence-electron chi connectivity index (χ3n) is 5.03. The van der Waals surface area contributed by atoms with Crippen molar-refractivity contribution in [1.82, 2.24) is 15.4 Å². The van der Waals surface area contributed by atoms with Gasteiger partial charge in [0.25, 0.3) is 5.91 Å². The van der Waals surface area contributed by atoms with Crippen molar-refractivity contribution >= 4 is 23.4 Å². The molecule has 0 saturated carbocycles. The number of amides is 1. The Morgan fingerprint density at radius 1 is 1.03 bits per heavy atom. The van der Waals surface area contributed by atoms with Gasteiger partial charge in [0.15, 0.2) is 5.16 Å². The maximum absolute atomic E-state index is 12.5. The Morgan fingerprint density at radius 2 is 1.77 bits per heavy atom. The molecule has 0 aliphatic heterocycles. The molecule has 1 amide bonds. The van der Waals surface area contributed by atoms with Gasteiger partial charge in [0.1, 0.15) is 0 Å². The third-order valence-corrected chi connectivity index (χ3v) is 5.94. The van der Waals surface area contributed by atoms with Crippen LogP contribution in [0.3, 0.4) is 0 Å². The van der Waals surface area contributed by atoms with E-state index in [9.17, 15) is 4.79 Å². The molecule has 5 nitrogen and oxygen atoms in total. The van der Waals surface area contributed by atoms with Crippen LogP contribution in [0.4, 0.5) is 0 Å². The number of aryl methyl sites for hydroxylation is 3. The highest BCUT2D eigenvalue weighted by Crippen LogP contribution is 2.22. The number of thioether (sulfide) groups is 1. The number of fused-ring (bicyclic) bond motifs is 1. The quantitative estimate of drug-likeness (QED) is 0.367. The predicted molar refractivity (Wildman–Crippen MR) is 121 cm³/mol. The molecule has 0 atom stereocenters. The number of rotatable bonds is 5. The van der Waals surface area contributed by atoms with E-state index in [1.165, 1.54) is 5.56 Å². The van der Waals surface area contributed by atoms with E-state index in [1.54, 1.807) is 11.8 Å². The fraction of sp³-hybridized carbons (Fsp3) is 0.250. The first kappa shape index (κ1) is 20.3. The van der Waals surface area contributed by atoms with Gasteiger partial charge in [-0.2, -0.15) is 5.10 Å². The minimum Gasteiger partial charge on any atom is -0.267 e. The number of benzene rings is 2. The second-order valence-corrected chi connectivity index (χ2v) is 8.37. The highest BCUT2D eigenvalue weighted by Gasteiger charge is 2.15. The number of hydrogen-bond donors (Lipinski definition) is 1.